The van der Waals surface area contributed by atoms with Crippen molar-refractivity contribution < 1.29 is 4.79 Å². The van der Waals surface area contributed by atoms with Crippen LogP contribution in [0.2, 0.25) is 5.02 Å². The highest BCUT2D eigenvalue weighted by molar-refractivity contribution is 6.32. The molecule has 0 unspecified atom stereocenters. The lowest BCUT2D eigenvalue weighted by Gasteiger charge is -2.21. The smallest absolute Gasteiger partial charge is 0.288 e. The zero-order valence-corrected chi connectivity index (χ0v) is 17.3. The summed E-state index contributed by atoms with van der Waals surface area (Å²) in [6.07, 6.45) is 1.56. The predicted octanol–water partition coefficient (Wildman–Crippen LogP) is 3.75. The zero-order chi connectivity index (χ0) is 20.2. The lowest BCUT2D eigenvalue weighted by atomic mass is 10.1. The van der Waals surface area contributed by atoms with Crippen LogP contribution in [0.25, 0.3) is 0 Å². The number of rotatable bonds is 6. The van der Waals surface area contributed by atoms with Crippen LogP contribution >= 0.6 is 11.6 Å². The maximum atomic E-state index is 12.4. The first-order valence-corrected chi connectivity index (χ1v) is 9.47. The van der Waals surface area contributed by atoms with E-state index in [2.05, 4.69) is 10.4 Å². The number of aromatic nitrogens is 2. The molecule has 0 aliphatic rings. The number of carbonyl (C=O) groups excluding carboxylic acids is 1. The Kier molecular flexibility index (Phi) is 6.65. The number of carbonyl (C=O) groups is 1. The number of benzene rings is 1. The van der Waals surface area contributed by atoms with Crippen LogP contribution in [0.4, 0.5) is 5.69 Å². The number of hydrogen-bond acceptors (Lipinski definition) is 4. The molecule has 0 saturated heterocycles. The van der Waals surface area contributed by atoms with E-state index in [0.717, 1.165) is 5.56 Å². The Bertz CT molecular complexity index is 850. The van der Waals surface area contributed by atoms with Gasteiger partial charge in [0.25, 0.3) is 11.5 Å². The molecule has 7 heteroatoms. The Morgan fingerprint density at radius 2 is 1.78 bits per heavy atom. The summed E-state index contributed by atoms with van der Waals surface area (Å²) in [7, 11) is 0. The molecule has 0 fully saturated rings. The zero-order valence-electron chi connectivity index (χ0n) is 16.5. The van der Waals surface area contributed by atoms with Gasteiger partial charge >= 0.3 is 0 Å². The van der Waals surface area contributed by atoms with E-state index in [1.807, 2.05) is 58.9 Å². The maximum absolute atomic E-state index is 12.4. The van der Waals surface area contributed by atoms with Gasteiger partial charge in [-0.3, -0.25) is 9.59 Å². The summed E-state index contributed by atoms with van der Waals surface area (Å²) < 4.78 is 1.37. The van der Waals surface area contributed by atoms with Crippen LogP contribution in [-0.2, 0) is 12.1 Å². The quantitative estimate of drug-likeness (QED) is 0.815. The summed E-state index contributed by atoms with van der Waals surface area (Å²) in [5, 5.41) is 7.46. The average molecular weight is 391 g/mol. The third-order valence-corrected chi connectivity index (χ3v) is 4.65. The molecule has 0 bridgehead atoms. The summed E-state index contributed by atoms with van der Waals surface area (Å²) in [5.41, 5.74) is 1.36. The Hall–Kier alpha value is -2.34. The van der Waals surface area contributed by atoms with Crippen molar-refractivity contribution in [2.45, 2.75) is 46.7 Å². The van der Waals surface area contributed by atoms with Gasteiger partial charge in [-0.05, 0) is 52.3 Å². The maximum Gasteiger partial charge on any atom is 0.288 e. The van der Waals surface area contributed by atoms with Gasteiger partial charge in [0.05, 0.1) is 17.4 Å². The van der Waals surface area contributed by atoms with Gasteiger partial charge < -0.3 is 10.2 Å². The number of nitrogens with one attached hydrogen (secondary N) is 1. The van der Waals surface area contributed by atoms with Gasteiger partial charge in [0.15, 0.2) is 0 Å². The third kappa shape index (κ3) is 4.89. The molecular weight excluding hydrogens is 364 g/mol. The van der Waals surface area contributed by atoms with E-state index >= 15 is 0 Å². The Labute approximate surface area is 165 Å². The third-order valence-electron chi connectivity index (χ3n) is 4.29. The number of halogens is 1. The van der Waals surface area contributed by atoms with Gasteiger partial charge in [-0.25, -0.2) is 4.68 Å². The first kappa shape index (κ1) is 21.0. The molecule has 0 atom stereocenters. The summed E-state index contributed by atoms with van der Waals surface area (Å²) in [6, 6.07) is 7.41. The van der Waals surface area contributed by atoms with E-state index in [4.69, 9.17) is 11.6 Å². The molecular formula is C20H27ClN4O2. The minimum Gasteiger partial charge on any atom is -0.378 e. The van der Waals surface area contributed by atoms with Crippen LogP contribution in [0.3, 0.4) is 0 Å². The van der Waals surface area contributed by atoms with E-state index in [1.165, 1.54) is 4.68 Å². The van der Waals surface area contributed by atoms with Crippen LogP contribution in [0.1, 0.15) is 50.5 Å². The number of anilines is 1. The van der Waals surface area contributed by atoms with Crippen LogP contribution < -0.4 is 10.9 Å². The van der Waals surface area contributed by atoms with Crippen LogP contribution in [0.15, 0.2) is 35.3 Å². The molecule has 1 aromatic heterocycles. The second kappa shape index (κ2) is 8.57. The molecule has 0 saturated carbocycles. The van der Waals surface area contributed by atoms with Crippen LogP contribution in [-0.4, -0.2) is 33.7 Å². The highest BCUT2D eigenvalue weighted by atomic mass is 35.5. The van der Waals surface area contributed by atoms with Crippen molar-refractivity contribution in [2.75, 3.05) is 18.4 Å². The second-order valence-corrected chi connectivity index (χ2v) is 7.67. The minimum atomic E-state index is -0.438. The van der Waals surface area contributed by atoms with Gasteiger partial charge in [0.2, 0.25) is 0 Å². The second-order valence-electron chi connectivity index (χ2n) is 7.29. The number of nitrogens with zero attached hydrogens (tertiary/aromatic N) is 3. The molecule has 1 N–H and O–H groups in total. The lowest BCUT2D eigenvalue weighted by molar-refractivity contribution is 0.0773. The highest BCUT2D eigenvalue weighted by Crippen LogP contribution is 2.19. The van der Waals surface area contributed by atoms with Crippen molar-refractivity contribution in [3.8, 4) is 0 Å². The van der Waals surface area contributed by atoms with Gasteiger partial charge in [-0.15, -0.1) is 0 Å². The molecule has 0 aliphatic heterocycles. The fourth-order valence-electron chi connectivity index (χ4n) is 2.69. The molecule has 0 radical (unpaired) electrons. The molecule has 27 heavy (non-hydrogen) atoms. The standard InChI is InChI=1S/C20H27ClN4O2/c1-6-24(7-2)18(26)15-10-8-14(9-11-15)12-22-16-13-23-25(20(3,4)5)19(27)17(16)21/h8-11,13,22H,6-7,12H2,1-5H3. The SMILES string of the molecule is CCN(CC)C(=O)c1ccc(CNc2cnn(C(C)(C)C)c(=O)c2Cl)cc1. The number of amides is 1. The van der Waals surface area contributed by atoms with Crippen molar-refractivity contribution in [1.29, 1.82) is 0 Å². The minimum absolute atomic E-state index is 0.0255. The van der Waals surface area contributed by atoms with E-state index in [9.17, 15) is 9.59 Å². The lowest BCUT2D eigenvalue weighted by Crippen LogP contribution is -2.36. The van der Waals surface area contributed by atoms with E-state index in [0.29, 0.717) is 30.9 Å². The average Bonchev–Trinajstić information content (AvgIpc) is 2.63. The van der Waals surface area contributed by atoms with E-state index in [-0.39, 0.29) is 16.5 Å². The molecule has 1 heterocycles. The monoisotopic (exact) mass is 390 g/mol. The summed E-state index contributed by atoms with van der Waals surface area (Å²) in [6.45, 7) is 11.5. The molecule has 146 valence electrons. The first-order chi connectivity index (χ1) is 12.7. The van der Waals surface area contributed by atoms with E-state index in [1.54, 1.807) is 11.1 Å². The fraction of sp³-hybridized carbons (Fsp3) is 0.450. The van der Waals surface area contributed by atoms with Gasteiger partial charge in [0, 0.05) is 25.2 Å². The molecule has 1 amide bonds. The summed E-state index contributed by atoms with van der Waals surface area (Å²) in [4.78, 5) is 26.5. The van der Waals surface area contributed by atoms with Gasteiger partial charge in [0.1, 0.15) is 5.02 Å². The van der Waals surface area contributed by atoms with Crippen LogP contribution in [0, 0.1) is 0 Å². The Morgan fingerprint density at radius 1 is 1.19 bits per heavy atom. The highest BCUT2D eigenvalue weighted by Gasteiger charge is 2.19. The molecule has 1 aromatic carbocycles. The number of hydrogen-bond donors (Lipinski definition) is 1. The van der Waals surface area contributed by atoms with Crippen molar-refractivity contribution in [3.05, 3.63) is 57.0 Å². The van der Waals surface area contributed by atoms with Crippen molar-refractivity contribution in [3.63, 3.8) is 0 Å². The Balaban J connectivity index is 2.10. The molecule has 0 aliphatic carbocycles. The molecule has 2 aromatic rings. The molecule has 2 rings (SSSR count). The van der Waals surface area contributed by atoms with E-state index < -0.39 is 5.54 Å². The van der Waals surface area contributed by atoms with Crippen molar-refractivity contribution in [2.24, 2.45) is 0 Å². The predicted molar refractivity (Wildman–Crippen MR) is 110 cm³/mol. The molecule has 6 nitrogen and oxygen atoms in total. The summed E-state index contributed by atoms with van der Waals surface area (Å²) in [5.74, 6) is 0.0255. The summed E-state index contributed by atoms with van der Waals surface area (Å²) >= 11 is 6.22. The largest absolute Gasteiger partial charge is 0.378 e. The fourth-order valence-corrected chi connectivity index (χ4v) is 2.89. The van der Waals surface area contributed by atoms with Crippen molar-refractivity contribution in [1.82, 2.24) is 14.7 Å². The van der Waals surface area contributed by atoms with Crippen LogP contribution in [0.5, 0.6) is 0 Å². The van der Waals surface area contributed by atoms with Gasteiger partial charge in [-0.2, -0.15) is 5.10 Å². The first-order valence-electron chi connectivity index (χ1n) is 9.09. The van der Waals surface area contributed by atoms with Gasteiger partial charge in [-0.1, -0.05) is 23.7 Å². The Morgan fingerprint density at radius 3 is 2.30 bits per heavy atom. The molecule has 0 spiro atoms. The van der Waals surface area contributed by atoms with Crippen molar-refractivity contribution >= 4 is 23.2 Å². The normalized spacial score (nSPS) is 11.3. The topological polar surface area (TPSA) is 67.2 Å².